The van der Waals surface area contributed by atoms with E-state index in [9.17, 15) is 0 Å². The minimum Gasteiger partial charge on any atom is -0.379 e. The third-order valence-electron chi connectivity index (χ3n) is 3.51. The fourth-order valence-electron chi connectivity index (χ4n) is 2.07. The normalized spacial score (nSPS) is 31.4. The van der Waals surface area contributed by atoms with Gasteiger partial charge in [0.05, 0.1) is 12.7 Å². The first-order valence-corrected chi connectivity index (χ1v) is 6.96. The van der Waals surface area contributed by atoms with Crippen LogP contribution in [0.1, 0.15) is 26.2 Å². The van der Waals surface area contributed by atoms with Crippen LogP contribution in [0, 0.1) is 5.92 Å². The molecule has 104 valence electrons. The van der Waals surface area contributed by atoms with E-state index in [1.54, 1.807) is 0 Å². The summed E-state index contributed by atoms with van der Waals surface area (Å²) in [5.41, 5.74) is 0. The van der Waals surface area contributed by atoms with Gasteiger partial charge in [-0.15, -0.1) is 0 Å². The molecule has 2 aliphatic rings. The summed E-state index contributed by atoms with van der Waals surface area (Å²) in [7, 11) is 1.81. The predicted molar refractivity (Wildman–Crippen MR) is 71.9 cm³/mol. The minimum atomic E-state index is 0.315. The molecule has 1 heterocycles. The third-order valence-corrected chi connectivity index (χ3v) is 3.51. The summed E-state index contributed by atoms with van der Waals surface area (Å²) in [6.07, 6.45) is 3.61. The molecule has 2 N–H and O–H groups in total. The molecule has 0 aromatic rings. The first-order chi connectivity index (χ1) is 8.79. The van der Waals surface area contributed by atoms with Crippen molar-refractivity contribution in [3.05, 3.63) is 0 Å². The maximum Gasteiger partial charge on any atom is 0.191 e. The molecule has 1 aliphatic carbocycles. The molecule has 0 amide bonds. The van der Waals surface area contributed by atoms with Gasteiger partial charge in [0.1, 0.15) is 0 Å². The molecule has 5 nitrogen and oxygen atoms in total. The quantitative estimate of drug-likeness (QED) is 0.418. The lowest BCUT2D eigenvalue weighted by Crippen LogP contribution is -2.39. The van der Waals surface area contributed by atoms with Gasteiger partial charge in [-0.1, -0.05) is 6.92 Å². The van der Waals surface area contributed by atoms with Gasteiger partial charge in [-0.2, -0.15) is 0 Å². The molecular formula is C13H25N3O2. The van der Waals surface area contributed by atoms with Gasteiger partial charge < -0.3 is 20.1 Å². The van der Waals surface area contributed by atoms with Crippen LogP contribution in [0.25, 0.3) is 0 Å². The lowest BCUT2D eigenvalue weighted by atomic mass is 10.3. The predicted octanol–water partition coefficient (Wildman–Crippen LogP) is 0.755. The molecule has 0 aromatic heterocycles. The molecule has 1 aliphatic heterocycles. The van der Waals surface area contributed by atoms with Crippen molar-refractivity contribution < 1.29 is 9.47 Å². The number of ether oxygens (including phenoxy) is 2. The Morgan fingerprint density at radius 3 is 2.94 bits per heavy atom. The number of nitrogens with one attached hydrogen (secondary N) is 2. The van der Waals surface area contributed by atoms with Crippen molar-refractivity contribution in [2.24, 2.45) is 10.9 Å². The van der Waals surface area contributed by atoms with E-state index in [1.807, 2.05) is 7.05 Å². The average Bonchev–Trinajstić information content (AvgIpc) is 2.86. The average molecular weight is 255 g/mol. The third kappa shape index (κ3) is 4.46. The summed E-state index contributed by atoms with van der Waals surface area (Å²) < 4.78 is 11.0. The van der Waals surface area contributed by atoms with Gasteiger partial charge in [0.15, 0.2) is 5.96 Å². The standard InChI is InChI=1S/C13H25N3O2/c1-10-8-12(10)16-13(14-2)15-5-3-6-18-11-4-7-17-9-11/h10-12H,3-9H2,1-2H3,(H2,14,15,16). The van der Waals surface area contributed by atoms with Crippen LogP contribution < -0.4 is 10.6 Å². The second-order valence-electron chi connectivity index (χ2n) is 5.17. The molecule has 2 fully saturated rings. The van der Waals surface area contributed by atoms with Gasteiger partial charge in [0.2, 0.25) is 0 Å². The van der Waals surface area contributed by atoms with Crippen LogP contribution in [0.4, 0.5) is 0 Å². The van der Waals surface area contributed by atoms with Crippen molar-refractivity contribution >= 4 is 5.96 Å². The van der Waals surface area contributed by atoms with Crippen LogP contribution in [0.3, 0.4) is 0 Å². The molecule has 5 heteroatoms. The second-order valence-corrected chi connectivity index (χ2v) is 5.17. The van der Waals surface area contributed by atoms with Gasteiger partial charge in [0, 0.05) is 32.8 Å². The van der Waals surface area contributed by atoms with Gasteiger partial charge >= 0.3 is 0 Å². The summed E-state index contributed by atoms with van der Waals surface area (Å²) in [6, 6.07) is 0.614. The van der Waals surface area contributed by atoms with Crippen molar-refractivity contribution in [1.29, 1.82) is 0 Å². The van der Waals surface area contributed by atoms with Gasteiger partial charge in [0.25, 0.3) is 0 Å². The number of guanidine groups is 1. The number of rotatable bonds is 6. The first-order valence-electron chi connectivity index (χ1n) is 6.96. The summed E-state index contributed by atoms with van der Waals surface area (Å²) in [6.45, 7) is 5.55. The molecule has 0 spiro atoms. The summed E-state index contributed by atoms with van der Waals surface area (Å²) in [5, 5.41) is 6.71. The Hall–Kier alpha value is -0.810. The van der Waals surface area contributed by atoms with Crippen molar-refractivity contribution in [2.75, 3.05) is 33.4 Å². The van der Waals surface area contributed by atoms with Gasteiger partial charge in [-0.25, -0.2) is 0 Å². The molecular weight excluding hydrogens is 230 g/mol. The number of hydrogen-bond donors (Lipinski definition) is 2. The lowest BCUT2D eigenvalue weighted by Gasteiger charge is -2.12. The highest BCUT2D eigenvalue weighted by Crippen LogP contribution is 2.28. The Labute approximate surface area is 109 Å². The fourth-order valence-corrected chi connectivity index (χ4v) is 2.07. The first kappa shape index (κ1) is 13.6. The Morgan fingerprint density at radius 2 is 2.33 bits per heavy atom. The SMILES string of the molecule is CN=C(NCCCOC1CCOC1)NC1CC1C. The van der Waals surface area contributed by atoms with Gasteiger partial charge in [-0.3, -0.25) is 4.99 Å². The van der Waals surface area contributed by atoms with Crippen LogP contribution in [0.5, 0.6) is 0 Å². The van der Waals surface area contributed by atoms with E-state index in [2.05, 4.69) is 22.5 Å². The van der Waals surface area contributed by atoms with E-state index in [0.717, 1.165) is 51.1 Å². The Balaban J connectivity index is 1.48. The van der Waals surface area contributed by atoms with E-state index in [1.165, 1.54) is 6.42 Å². The fraction of sp³-hybridized carbons (Fsp3) is 0.923. The maximum absolute atomic E-state index is 5.70. The lowest BCUT2D eigenvalue weighted by molar-refractivity contribution is 0.0420. The topological polar surface area (TPSA) is 54.9 Å². The van der Waals surface area contributed by atoms with E-state index < -0.39 is 0 Å². The minimum absolute atomic E-state index is 0.315. The van der Waals surface area contributed by atoms with Crippen molar-refractivity contribution in [1.82, 2.24) is 10.6 Å². The monoisotopic (exact) mass is 255 g/mol. The highest BCUT2D eigenvalue weighted by atomic mass is 16.5. The van der Waals surface area contributed by atoms with Crippen molar-refractivity contribution in [3.63, 3.8) is 0 Å². The zero-order chi connectivity index (χ0) is 12.8. The molecule has 0 bridgehead atoms. The zero-order valence-corrected chi connectivity index (χ0v) is 11.4. The highest BCUT2D eigenvalue weighted by molar-refractivity contribution is 5.80. The summed E-state index contributed by atoms with van der Waals surface area (Å²) in [4.78, 5) is 4.21. The molecule has 0 radical (unpaired) electrons. The summed E-state index contributed by atoms with van der Waals surface area (Å²) in [5.74, 6) is 1.70. The zero-order valence-electron chi connectivity index (χ0n) is 11.4. The Bertz CT molecular complexity index is 277. The van der Waals surface area contributed by atoms with Crippen LogP contribution in [-0.4, -0.2) is 51.5 Å². The van der Waals surface area contributed by atoms with Crippen LogP contribution in [-0.2, 0) is 9.47 Å². The molecule has 18 heavy (non-hydrogen) atoms. The van der Waals surface area contributed by atoms with Crippen LogP contribution in [0.15, 0.2) is 4.99 Å². The Morgan fingerprint density at radius 1 is 1.50 bits per heavy atom. The van der Waals surface area contributed by atoms with Crippen molar-refractivity contribution in [3.8, 4) is 0 Å². The number of hydrogen-bond acceptors (Lipinski definition) is 3. The van der Waals surface area contributed by atoms with Gasteiger partial charge in [-0.05, 0) is 25.2 Å². The molecule has 1 saturated heterocycles. The van der Waals surface area contributed by atoms with E-state index in [4.69, 9.17) is 9.47 Å². The molecule has 3 unspecified atom stereocenters. The molecule has 3 atom stereocenters. The van der Waals surface area contributed by atoms with Crippen LogP contribution >= 0.6 is 0 Å². The molecule has 0 aromatic carbocycles. The van der Waals surface area contributed by atoms with Crippen molar-refractivity contribution in [2.45, 2.75) is 38.3 Å². The molecule has 2 rings (SSSR count). The van der Waals surface area contributed by atoms with Crippen LogP contribution in [0.2, 0.25) is 0 Å². The molecule has 1 saturated carbocycles. The summed E-state index contributed by atoms with van der Waals surface area (Å²) >= 11 is 0. The maximum atomic E-state index is 5.70. The second kappa shape index (κ2) is 6.95. The number of nitrogens with zero attached hydrogens (tertiary/aromatic N) is 1. The number of aliphatic imine (C=N–C) groups is 1. The Kier molecular flexibility index (Phi) is 5.26. The van der Waals surface area contributed by atoms with E-state index in [0.29, 0.717) is 12.1 Å². The largest absolute Gasteiger partial charge is 0.379 e. The van der Waals surface area contributed by atoms with E-state index >= 15 is 0 Å². The highest BCUT2D eigenvalue weighted by Gasteiger charge is 2.33. The smallest absolute Gasteiger partial charge is 0.191 e. The van der Waals surface area contributed by atoms with E-state index in [-0.39, 0.29) is 0 Å².